The molecular formula is C13H20N2O2. The normalized spacial score (nSPS) is 10.2. The lowest BCUT2D eigenvalue weighted by Gasteiger charge is -2.05. The van der Waals surface area contributed by atoms with E-state index in [0.717, 1.165) is 26.1 Å². The first-order chi connectivity index (χ1) is 8.24. The molecule has 0 aliphatic carbocycles. The Hall–Kier alpha value is -1.55. The number of benzene rings is 1. The van der Waals surface area contributed by atoms with Gasteiger partial charge in [-0.15, -0.1) is 0 Å². The lowest BCUT2D eigenvalue weighted by atomic mass is 10.2. The molecule has 0 aliphatic rings. The van der Waals surface area contributed by atoms with Crippen LogP contribution in [0.3, 0.4) is 0 Å². The van der Waals surface area contributed by atoms with Gasteiger partial charge in [0.1, 0.15) is 0 Å². The summed E-state index contributed by atoms with van der Waals surface area (Å²) in [7, 11) is 0. The topological polar surface area (TPSA) is 64.3 Å². The van der Waals surface area contributed by atoms with E-state index < -0.39 is 0 Å². The first kappa shape index (κ1) is 13.5. The van der Waals surface area contributed by atoms with E-state index in [1.165, 1.54) is 0 Å². The highest BCUT2D eigenvalue weighted by Gasteiger charge is 2.03. The molecule has 17 heavy (non-hydrogen) atoms. The van der Waals surface area contributed by atoms with E-state index in [1.54, 1.807) is 24.3 Å². The van der Waals surface area contributed by atoms with Crippen LogP contribution in [0, 0.1) is 0 Å². The quantitative estimate of drug-likeness (QED) is 0.560. The van der Waals surface area contributed by atoms with E-state index in [2.05, 4.69) is 5.32 Å². The van der Waals surface area contributed by atoms with Crippen molar-refractivity contribution in [1.82, 2.24) is 5.32 Å². The summed E-state index contributed by atoms with van der Waals surface area (Å²) in [5, 5.41) is 2.85. The molecule has 0 aromatic heterocycles. The summed E-state index contributed by atoms with van der Waals surface area (Å²) >= 11 is 0. The number of unbranched alkanes of at least 4 members (excludes halogenated alkanes) is 1. The fourth-order valence-electron chi connectivity index (χ4n) is 1.46. The van der Waals surface area contributed by atoms with Crippen molar-refractivity contribution in [2.75, 3.05) is 25.5 Å². The number of nitrogens with one attached hydrogen (secondary N) is 1. The first-order valence-electron chi connectivity index (χ1n) is 5.95. The highest BCUT2D eigenvalue weighted by atomic mass is 16.5. The minimum Gasteiger partial charge on any atom is -0.399 e. The molecular weight excluding hydrogens is 216 g/mol. The van der Waals surface area contributed by atoms with Gasteiger partial charge in [-0.25, -0.2) is 0 Å². The van der Waals surface area contributed by atoms with Crippen molar-refractivity contribution in [3.63, 3.8) is 0 Å². The molecule has 94 valence electrons. The van der Waals surface area contributed by atoms with Crippen molar-refractivity contribution in [3.8, 4) is 0 Å². The number of ether oxygens (including phenoxy) is 1. The van der Waals surface area contributed by atoms with Crippen LogP contribution in [0.1, 0.15) is 30.1 Å². The molecule has 0 saturated carbocycles. The average molecular weight is 236 g/mol. The van der Waals surface area contributed by atoms with Crippen LogP contribution in [-0.2, 0) is 4.74 Å². The molecule has 0 bridgehead atoms. The second kappa shape index (κ2) is 7.68. The summed E-state index contributed by atoms with van der Waals surface area (Å²) in [4.78, 5) is 11.7. The molecule has 1 rings (SSSR count). The van der Waals surface area contributed by atoms with Gasteiger partial charge in [-0.1, -0.05) is 6.07 Å². The van der Waals surface area contributed by atoms with Gasteiger partial charge < -0.3 is 15.8 Å². The van der Waals surface area contributed by atoms with Crippen molar-refractivity contribution in [2.24, 2.45) is 0 Å². The number of rotatable bonds is 7. The van der Waals surface area contributed by atoms with Crippen LogP contribution in [-0.4, -0.2) is 25.7 Å². The van der Waals surface area contributed by atoms with Crippen LogP contribution in [0.2, 0.25) is 0 Å². The number of hydrogen-bond acceptors (Lipinski definition) is 3. The summed E-state index contributed by atoms with van der Waals surface area (Å²) < 4.78 is 5.21. The summed E-state index contributed by atoms with van der Waals surface area (Å²) in [5.74, 6) is -0.0753. The summed E-state index contributed by atoms with van der Waals surface area (Å²) in [6, 6.07) is 6.97. The molecule has 0 aliphatic heterocycles. The number of anilines is 1. The Bertz CT molecular complexity index is 353. The highest BCUT2D eigenvalue weighted by molar-refractivity contribution is 5.94. The molecule has 0 heterocycles. The molecule has 4 heteroatoms. The Morgan fingerprint density at radius 2 is 2.24 bits per heavy atom. The molecule has 3 N–H and O–H groups in total. The molecule has 0 fully saturated rings. The molecule has 0 atom stereocenters. The monoisotopic (exact) mass is 236 g/mol. The lowest BCUT2D eigenvalue weighted by Crippen LogP contribution is -2.24. The van der Waals surface area contributed by atoms with Gasteiger partial charge in [0.05, 0.1) is 0 Å². The Labute approximate surface area is 102 Å². The Kier molecular flexibility index (Phi) is 6.10. The van der Waals surface area contributed by atoms with Crippen molar-refractivity contribution >= 4 is 11.6 Å². The molecule has 0 spiro atoms. The van der Waals surface area contributed by atoms with Crippen LogP contribution in [0.5, 0.6) is 0 Å². The second-order valence-electron chi connectivity index (χ2n) is 3.79. The number of carbonyl (C=O) groups excluding carboxylic acids is 1. The Morgan fingerprint density at radius 3 is 2.94 bits per heavy atom. The van der Waals surface area contributed by atoms with Crippen LogP contribution in [0.4, 0.5) is 5.69 Å². The third-order valence-corrected chi connectivity index (χ3v) is 2.35. The zero-order valence-electron chi connectivity index (χ0n) is 10.2. The number of nitrogen functional groups attached to an aromatic ring is 1. The second-order valence-corrected chi connectivity index (χ2v) is 3.79. The first-order valence-corrected chi connectivity index (χ1v) is 5.95. The van der Waals surface area contributed by atoms with Crippen LogP contribution < -0.4 is 11.1 Å². The predicted octanol–water partition coefficient (Wildman–Crippen LogP) is 1.82. The van der Waals surface area contributed by atoms with E-state index >= 15 is 0 Å². The molecule has 1 amide bonds. The van der Waals surface area contributed by atoms with Gasteiger partial charge in [0, 0.05) is 31.0 Å². The van der Waals surface area contributed by atoms with Crippen LogP contribution in [0.15, 0.2) is 24.3 Å². The van der Waals surface area contributed by atoms with E-state index in [4.69, 9.17) is 10.5 Å². The molecule has 0 unspecified atom stereocenters. The largest absolute Gasteiger partial charge is 0.399 e. The maximum atomic E-state index is 11.7. The Balaban J connectivity index is 2.21. The number of nitrogens with two attached hydrogens (primary N) is 1. The maximum Gasteiger partial charge on any atom is 0.251 e. The van der Waals surface area contributed by atoms with Crippen molar-refractivity contribution in [1.29, 1.82) is 0 Å². The standard InChI is InChI=1S/C13H20N2O2/c1-2-17-9-4-3-8-15-13(16)11-6-5-7-12(14)10-11/h5-7,10H,2-4,8-9,14H2,1H3,(H,15,16). The maximum absolute atomic E-state index is 11.7. The third-order valence-electron chi connectivity index (χ3n) is 2.35. The minimum absolute atomic E-state index is 0.0753. The zero-order valence-corrected chi connectivity index (χ0v) is 10.2. The number of hydrogen-bond donors (Lipinski definition) is 2. The van der Waals surface area contributed by atoms with E-state index in [-0.39, 0.29) is 5.91 Å². The van der Waals surface area contributed by atoms with E-state index in [1.807, 2.05) is 6.92 Å². The van der Waals surface area contributed by atoms with Gasteiger partial charge in [-0.2, -0.15) is 0 Å². The SMILES string of the molecule is CCOCCCCNC(=O)c1cccc(N)c1. The molecule has 1 aromatic carbocycles. The fourth-order valence-corrected chi connectivity index (χ4v) is 1.46. The predicted molar refractivity (Wildman–Crippen MR) is 68.9 cm³/mol. The van der Waals surface area contributed by atoms with Gasteiger partial charge in [-0.05, 0) is 38.0 Å². The number of carbonyl (C=O) groups is 1. The van der Waals surface area contributed by atoms with Crippen LogP contribution in [0.25, 0.3) is 0 Å². The van der Waals surface area contributed by atoms with Gasteiger partial charge in [0.15, 0.2) is 0 Å². The van der Waals surface area contributed by atoms with Crippen molar-refractivity contribution in [2.45, 2.75) is 19.8 Å². The molecule has 0 saturated heterocycles. The Morgan fingerprint density at radius 1 is 1.41 bits per heavy atom. The summed E-state index contributed by atoms with van der Waals surface area (Å²) in [6.45, 7) is 4.14. The average Bonchev–Trinajstić information content (AvgIpc) is 2.33. The van der Waals surface area contributed by atoms with Gasteiger partial charge in [0.25, 0.3) is 5.91 Å². The summed E-state index contributed by atoms with van der Waals surface area (Å²) in [5.41, 5.74) is 6.82. The van der Waals surface area contributed by atoms with Gasteiger partial charge in [-0.3, -0.25) is 4.79 Å². The van der Waals surface area contributed by atoms with E-state index in [0.29, 0.717) is 17.8 Å². The van der Waals surface area contributed by atoms with Crippen molar-refractivity contribution in [3.05, 3.63) is 29.8 Å². The molecule has 0 radical (unpaired) electrons. The minimum atomic E-state index is -0.0753. The smallest absolute Gasteiger partial charge is 0.251 e. The third kappa shape index (κ3) is 5.36. The molecule has 1 aromatic rings. The summed E-state index contributed by atoms with van der Waals surface area (Å²) in [6.07, 6.45) is 1.89. The fraction of sp³-hybridized carbons (Fsp3) is 0.462. The molecule has 4 nitrogen and oxygen atoms in total. The highest BCUT2D eigenvalue weighted by Crippen LogP contribution is 2.06. The lowest BCUT2D eigenvalue weighted by molar-refractivity contribution is 0.0949. The number of amides is 1. The van der Waals surface area contributed by atoms with Crippen molar-refractivity contribution < 1.29 is 9.53 Å². The zero-order chi connectivity index (χ0) is 12.5. The van der Waals surface area contributed by atoms with Gasteiger partial charge in [0.2, 0.25) is 0 Å². The van der Waals surface area contributed by atoms with E-state index in [9.17, 15) is 4.79 Å². The van der Waals surface area contributed by atoms with Crippen LogP contribution >= 0.6 is 0 Å². The van der Waals surface area contributed by atoms with Gasteiger partial charge >= 0.3 is 0 Å².